The van der Waals surface area contributed by atoms with Crippen molar-refractivity contribution in [3.8, 4) is 0 Å². The summed E-state index contributed by atoms with van der Waals surface area (Å²) in [6.45, 7) is -1.32. The van der Waals surface area contributed by atoms with Gasteiger partial charge in [-0.3, -0.25) is 4.99 Å². The van der Waals surface area contributed by atoms with Crippen LogP contribution in [0.2, 0.25) is 5.02 Å². The molecule has 1 atom stereocenters. The Labute approximate surface area is 225 Å². The molecule has 0 saturated carbocycles. The number of hydrogen-bond acceptors (Lipinski definition) is 7. The molecule has 2 aromatic heterocycles. The van der Waals surface area contributed by atoms with Crippen molar-refractivity contribution in [1.29, 1.82) is 0 Å². The van der Waals surface area contributed by atoms with Crippen molar-refractivity contribution in [2.45, 2.75) is 50.7 Å². The average Bonchev–Trinajstić information content (AvgIpc) is 3.58. The van der Waals surface area contributed by atoms with Gasteiger partial charge in [0.15, 0.2) is 22.8 Å². The number of thiazole rings is 1. The Balaban J connectivity index is 1.62. The van der Waals surface area contributed by atoms with Gasteiger partial charge in [0.05, 0.1) is 19.4 Å². The van der Waals surface area contributed by atoms with Gasteiger partial charge in [0.1, 0.15) is 11.9 Å². The highest BCUT2D eigenvalue weighted by Gasteiger charge is 2.41. The van der Waals surface area contributed by atoms with Crippen LogP contribution in [0, 0.1) is 5.82 Å². The van der Waals surface area contributed by atoms with Crippen molar-refractivity contribution in [1.82, 2.24) is 20.1 Å². The Kier molecular flexibility index (Phi) is 7.85. The summed E-state index contributed by atoms with van der Waals surface area (Å²) in [5.41, 5.74) is -0.497. The van der Waals surface area contributed by atoms with Crippen molar-refractivity contribution in [3.05, 3.63) is 74.8 Å². The quantitative estimate of drug-likeness (QED) is 0.322. The first-order chi connectivity index (χ1) is 18.3. The summed E-state index contributed by atoms with van der Waals surface area (Å²) in [5, 5.41) is 9.30. The number of ether oxygens (including phenoxy) is 2. The van der Waals surface area contributed by atoms with Gasteiger partial charge in [-0.05, 0) is 24.1 Å². The first-order valence-electron chi connectivity index (χ1n) is 11.9. The van der Waals surface area contributed by atoms with Gasteiger partial charge in [-0.25, -0.2) is 18.4 Å². The number of nitrogens with one attached hydrogen (secondary N) is 1. The fourth-order valence-electron chi connectivity index (χ4n) is 4.45. The minimum absolute atomic E-state index is 0.0824. The second-order valence-electron chi connectivity index (χ2n) is 9.06. The van der Waals surface area contributed by atoms with Crippen molar-refractivity contribution in [2.24, 2.45) is 4.99 Å². The fourth-order valence-corrected chi connectivity index (χ4v) is 5.31. The van der Waals surface area contributed by atoms with Gasteiger partial charge in [-0.2, -0.15) is 13.9 Å². The van der Waals surface area contributed by atoms with Crippen molar-refractivity contribution in [2.75, 3.05) is 13.2 Å². The highest BCUT2D eigenvalue weighted by molar-refractivity contribution is 7.11. The normalized spacial score (nSPS) is 24.0. The number of amidine groups is 1. The monoisotopic (exact) mass is 569 g/mol. The molecule has 0 aliphatic carbocycles. The number of benzene rings is 1. The minimum Gasteiger partial charge on any atom is -0.349 e. The Hall–Kier alpha value is -2.80. The highest BCUT2D eigenvalue weighted by Crippen LogP contribution is 2.43. The van der Waals surface area contributed by atoms with Crippen molar-refractivity contribution >= 4 is 34.3 Å². The van der Waals surface area contributed by atoms with Crippen LogP contribution in [-0.2, 0) is 9.47 Å². The zero-order valence-corrected chi connectivity index (χ0v) is 21.8. The van der Waals surface area contributed by atoms with E-state index in [1.165, 1.54) is 29.7 Å². The number of alkyl halides is 3. The first kappa shape index (κ1) is 26.8. The molecule has 7 nitrogen and oxygen atoms in total. The molecular weight excluding hydrogens is 546 g/mol. The lowest BCUT2D eigenvalue weighted by molar-refractivity contribution is -0.234. The third-order valence-corrected chi connectivity index (χ3v) is 7.31. The van der Waals surface area contributed by atoms with E-state index in [0.29, 0.717) is 38.8 Å². The third-order valence-electron chi connectivity index (χ3n) is 6.20. The molecule has 3 aromatic rings. The molecule has 2 aliphatic rings. The third kappa shape index (κ3) is 5.63. The fraction of sp³-hybridized carbons (Fsp3) is 0.400. The lowest BCUT2D eigenvalue weighted by Gasteiger charge is -2.37. The zero-order valence-electron chi connectivity index (χ0n) is 20.2. The van der Waals surface area contributed by atoms with E-state index >= 15 is 4.39 Å². The predicted molar refractivity (Wildman–Crippen MR) is 135 cm³/mol. The molecule has 0 bridgehead atoms. The lowest BCUT2D eigenvalue weighted by atomic mass is 9.88. The molecule has 1 fully saturated rings. The van der Waals surface area contributed by atoms with Gasteiger partial charge < -0.3 is 14.8 Å². The van der Waals surface area contributed by atoms with Gasteiger partial charge in [-0.15, -0.1) is 11.3 Å². The van der Waals surface area contributed by atoms with Crippen LogP contribution in [0.1, 0.15) is 54.9 Å². The molecule has 1 aromatic carbocycles. The molecule has 1 N–H and O–H groups in total. The van der Waals surface area contributed by atoms with E-state index in [9.17, 15) is 13.2 Å². The number of aromatic nitrogens is 3. The maximum atomic E-state index is 16.1. The molecular formula is C25H24ClF4N5O2S. The second-order valence-corrected chi connectivity index (χ2v) is 10.4. The molecule has 13 heteroatoms. The molecule has 5 rings (SSSR count). The summed E-state index contributed by atoms with van der Waals surface area (Å²) in [6.07, 6.45) is 4.78. The van der Waals surface area contributed by atoms with Gasteiger partial charge in [0.25, 0.3) is 0 Å². The summed E-state index contributed by atoms with van der Waals surface area (Å²) in [7, 11) is 0. The van der Waals surface area contributed by atoms with Gasteiger partial charge in [0, 0.05) is 46.1 Å². The molecule has 0 unspecified atom stereocenters. The Morgan fingerprint density at radius 3 is 2.71 bits per heavy atom. The van der Waals surface area contributed by atoms with E-state index in [2.05, 4.69) is 15.4 Å². The maximum Gasteiger partial charge on any atom is 0.333 e. The molecule has 1 saturated heterocycles. The molecule has 0 amide bonds. The molecule has 0 radical (unpaired) electrons. The molecule has 0 spiro atoms. The topological polar surface area (TPSA) is 73.6 Å². The number of halogens is 5. The number of aliphatic imine (C=N–C) groups is 1. The first-order valence-corrected chi connectivity index (χ1v) is 13.2. The number of hydrogen-bond donors (Lipinski definition) is 1. The van der Waals surface area contributed by atoms with Crippen LogP contribution in [0.5, 0.6) is 0 Å². The van der Waals surface area contributed by atoms with Crippen LogP contribution in [0.3, 0.4) is 0 Å². The summed E-state index contributed by atoms with van der Waals surface area (Å²) >= 11 is 7.75. The molecule has 38 heavy (non-hydrogen) atoms. The summed E-state index contributed by atoms with van der Waals surface area (Å²) in [6, 6.07) is 2.95. The Morgan fingerprint density at radius 2 is 2.08 bits per heavy atom. The standard InChI is InChI=1S/C25H24ClF4N5O2S/c1-2-3-19-36-12-25(30,13-37-19)9-18-20(14-10-32-35(11-14)24(28)29)21(16-5-4-15(27)8-17(16)26)34-22(33-18)23-31-6-7-38-23/h4-8,10-11,19,21,24H,2-3,9,12-13H2,1H3,(H,33,34)/t19-,21-,25-/m0/s1. The predicted octanol–water partition coefficient (Wildman–Crippen LogP) is 6.30. The summed E-state index contributed by atoms with van der Waals surface area (Å²) < 4.78 is 68.7. The van der Waals surface area contributed by atoms with Crippen LogP contribution in [0.25, 0.3) is 5.57 Å². The van der Waals surface area contributed by atoms with Crippen LogP contribution in [0.15, 0.2) is 52.9 Å². The maximum absolute atomic E-state index is 16.1. The van der Waals surface area contributed by atoms with Gasteiger partial charge >= 0.3 is 6.55 Å². The highest BCUT2D eigenvalue weighted by atomic mass is 35.5. The second kappa shape index (κ2) is 11.1. The molecule has 4 heterocycles. The smallest absolute Gasteiger partial charge is 0.333 e. The number of allylic oxidation sites excluding steroid dienone is 1. The van der Waals surface area contributed by atoms with Crippen LogP contribution in [-0.4, -0.2) is 45.8 Å². The van der Waals surface area contributed by atoms with Gasteiger partial charge in [-0.1, -0.05) is 31.0 Å². The molecule has 2 aliphatic heterocycles. The van der Waals surface area contributed by atoms with Crippen LogP contribution in [0.4, 0.5) is 17.6 Å². The van der Waals surface area contributed by atoms with Crippen LogP contribution < -0.4 is 5.32 Å². The van der Waals surface area contributed by atoms with E-state index in [1.54, 1.807) is 11.6 Å². The van der Waals surface area contributed by atoms with E-state index in [-0.39, 0.29) is 30.2 Å². The van der Waals surface area contributed by atoms with E-state index in [0.717, 1.165) is 18.7 Å². The minimum atomic E-state index is -2.88. The Morgan fingerprint density at radius 1 is 1.29 bits per heavy atom. The van der Waals surface area contributed by atoms with E-state index in [4.69, 9.17) is 26.1 Å². The SMILES string of the molecule is CCC[C@H]1OC[C@@](F)(CC2=C(c3cnn(C(F)F)c3)[C@H](c3ccc(F)cc3Cl)N=C(c3nccs3)N2)CO1. The molecule has 202 valence electrons. The summed E-state index contributed by atoms with van der Waals surface area (Å²) in [4.78, 5) is 9.09. The van der Waals surface area contributed by atoms with Crippen molar-refractivity contribution < 1.29 is 27.0 Å². The van der Waals surface area contributed by atoms with Crippen LogP contribution >= 0.6 is 22.9 Å². The number of rotatable bonds is 8. The van der Waals surface area contributed by atoms with E-state index < -0.39 is 30.4 Å². The largest absolute Gasteiger partial charge is 0.349 e. The Bertz CT molecular complexity index is 1340. The average molecular weight is 570 g/mol. The van der Waals surface area contributed by atoms with Gasteiger partial charge in [0.2, 0.25) is 0 Å². The zero-order chi connectivity index (χ0) is 26.9. The van der Waals surface area contributed by atoms with E-state index in [1.807, 2.05) is 6.92 Å². The number of nitrogens with zero attached hydrogens (tertiary/aromatic N) is 4. The van der Waals surface area contributed by atoms with Crippen molar-refractivity contribution in [3.63, 3.8) is 0 Å². The summed E-state index contributed by atoms with van der Waals surface area (Å²) in [5.74, 6) is -0.204. The lowest BCUT2D eigenvalue weighted by Crippen LogP contribution is -2.46.